The molecule has 0 aliphatic carbocycles. The topological polar surface area (TPSA) is 93.8 Å². The Kier molecular flexibility index (Phi) is 6.22. The van der Waals surface area contributed by atoms with Gasteiger partial charge < -0.3 is 4.74 Å². The number of ether oxygens (including phenoxy) is 1. The summed E-state index contributed by atoms with van der Waals surface area (Å²) >= 11 is 0. The van der Waals surface area contributed by atoms with Crippen molar-refractivity contribution in [1.82, 2.24) is 5.43 Å². The Balaban J connectivity index is 1.85. The quantitative estimate of drug-likeness (QED) is 0.475. The van der Waals surface area contributed by atoms with E-state index in [2.05, 4.69) is 24.4 Å². The first kappa shape index (κ1) is 18.1. The van der Waals surface area contributed by atoms with Gasteiger partial charge in [-0.3, -0.25) is 14.9 Å². The van der Waals surface area contributed by atoms with Gasteiger partial charge in [-0.05, 0) is 29.7 Å². The van der Waals surface area contributed by atoms with E-state index in [4.69, 9.17) is 4.74 Å². The maximum atomic E-state index is 11.7. The molecule has 1 N–H and O–H groups in total. The van der Waals surface area contributed by atoms with Crippen molar-refractivity contribution in [2.75, 3.05) is 6.61 Å². The number of hydrazone groups is 1. The third-order valence-electron chi connectivity index (χ3n) is 3.44. The first-order chi connectivity index (χ1) is 12.0. The van der Waals surface area contributed by atoms with E-state index in [1.807, 2.05) is 12.1 Å². The predicted molar refractivity (Wildman–Crippen MR) is 94.9 cm³/mol. The predicted octanol–water partition coefficient (Wildman–Crippen LogP) is 3.25. The van der Waals surface area contributed by atoms with Crippen molar-refractivity contribution in [1.29, 1.82) is 0 Å². The summed E-state index contributed by atoms with van der Waals surface area (Å²) < 4.78 is 5.37. The van der Waals surface area contributed by atoms with Gasteiger partial charge in [0.2, 0.25) is 0 Å². The molecule has 0 atom stereocenters. The molecule has 130 valence electrons. The van der Waals surface area contributed by atoms with E-state index in [0.29, 0.717) is 17.2 Å². The third kappa shape index (κ3) is 5.42. The molecule has 25 heavy (non-hydrogen) atoms. The zero-order valence-electron chi connectivity index (χ0n) is 14.0. The summed E-state index contributed by atoms with van der Waals surface area (Å²) in [6.45, 7) is 3.99. The molecule has 7 nitrogen and oxygen atoms in total. The van der Waals surface area contributed by atoms with Gasteiger partial charge in [0.1, 0.15) is 5.75 Å². The zero-order valence-corrected chi connectivity index (χ0v) is 14.0. The van der Waals surface area contributed by atoms with E-state index < -0.39 is 10.8 Å². The van der Waals surface area contributed by atoms with Gasteiger partial charge in [-0.2, -0.15) is 5.10 Å². The molecule has 2 aromatic carbocycles. The molecule has 0 radical (unpaired) electrons. The lowest BCUT2D eigenvalue weighted by atomic mass is 10.0. The number of rotatable bonds is 7. The number of para-hydroxylation sites is 1. The second-order valence-corrected chi connectivity index (χ2v) is 5.62. The molecule has 0 spiro atoms. The highest BCUT2D eigenvalue weighted by atomic mass is 16.6. The normalized spacial score (nSPS) is 10.8. The van der Waals surface area contributed by atoms with Crippen molar-refractivity contribution in [2.45, 2.75) is 19.8 Å². The van der Waals surface area contributed by atoms with Crippen LogP contribution in [0, 0.1) is 10.1 Å². The standard InChI is InChI=1S/C18H19N3O4/c1-13(2)14-7-9-16(10-8-14)25-12-18(22)20-19-11-15-5-3-4-6-17(15)21(23)24/h3-11,13H,12H2,1-2H3,(H,20,22)/b19-11+. The molecule has 7 heteroatoms. The minimum atomic E-state index is -0.507. The molecule has 0 saturated carbocycles. The van der Waals surface area contributed by atoms with Crippen molar-refractivity contribution in [3.8, 4) is 5.75 Å². The largest absolute Gasteiger partial charge is 0.484 e. The Morgan fingerprint density at radius 1 is 1.24 bits per heavy atom. The molecule has 0 saturated heterocycles. The first-order valence-corrected chi connectivity index (χ1v) is 7.75. The average Bonchev–Trinajstić information content (AvgIpc) is 2.60. The second kappa shape index (κ2) is 8.58. The summed E-state index contributed by atoms with van der Waals surface area (Å²) in [7, 11) is 0. The smallest absolute Gasteiger partial charge is 0.278 e. The van der Waals surface area contributed by atoms with Crippen LogP contribution in [0.4, 0.5) is 5.69 Å². The van der Waals surface area contributed by atoms with Crippen LogP contribution in [0.2, 0.25) is 0 Å². The first-order valence-electron chi connectivity index (χ1n) is 7.75. The molecule has 0 unspecified atom stereocenters. The Morgan fingerprint density at radius 3 is 2.56 bits per heavy atom. The highest BCUT2D eigenvalue weighted by molar-refractivity contribution is 5.86. The summed E-state index contributed by atoms with van der Waals surface area (Å²) in [5.74, 6) is 0.554. The molecular formula is C18H19N3O4. The lowest BCUT2D eigenvalue weighted by Gasteiger charge is -2.08. The lowest BCUT2D eigenvalue weighted by molar-refractivity contribution is -0.385. The van der Waals surface area contributed by atoms with Crippen LogP contribution >= 0.6 is 0 Å². The van der Waals surface area contributed by atoms with Crippen LogP contribution in [-0.4, -0.2) is 23.7 Å². The summed E-state index contributed by atoms with van der Waals surface area (Å²) in [6, 6.07) is 13.6. The summed E-state index contributed by atoms with van der Waals surface area (Å²) in [6.07, 6.45) is 1.23. The number of nitro benzene ring substituents is 1. The molecule has 0 aromatic heterocycles. The number of carbonyl (C=O) groups excluding carboxylic acids is 1. The fraction of sp³-hybridized carbons (Fsp3) is 0.222. The molecule has 1 amide bonds. The number of hydrogen-bond acceptors (Lipinski definition) is 5. The Hall–Kier alpha value is -3.22. The Morgan fingerprint density at radius 2 is 1.92 bits per heavy atom. The highest BCUT2D eigenvalue weighted by Crippen LogP contribution is 2.18. The Bertz CT molecular complexity index is 770. The monoisotopic (exact) mass is 341 g/mol. The van der Waals surface area contributed by atoms with Crippen molar-refractivity contribution in [3.05, 3.63) is 69.8 Å². The van der Waals surface area contributed by atoms with E-state index in [-0.39, 0.29) is 12.3 Å². The number of hydrogen-bond donors (Lipinski definition) is 1. The maximum absolute atomic E-state index is 11.7. The summed E-state index contributed by atoms with van der Waals surface area (Å²) in [5, 5.41) is 14.6. The van der Waals surface area contributed by atoms with Gasteiger partial charge in [-0.25, -0.2) is 5.43 Å². The van der Waals surface area contributed by atoms with Crippen LogP contribution in [0.3, 0.4) is 0 Å². The number of nitro groups is 1. The Labute approximate surface area is 145 Å². The van der Waals surface area contributed by atoms with Crippen LogP contribution in [0.15, 0.2) is 53.6 Å². The van der Waals surface area contributed by atoms with Crippen molar-refractivity contribution in [3.63, 3.8) is 0 Å². The van der Waals surface area contributed by atoms with E-state index in [1.165, 1.54) is 17.8 Å². The third-order valence-corrected chi connectivity index (χ3v) is 3.44. The van der Waals surface area contributed by atoms with Crippen molar-refractivity contribution >= 4 is 17.8 Å². The molecule has 0 heterocycles. The minimum Gasteiger partial charge on any atom is -0.484 e. The zero-order chi connectivity index (χ0) is 18.2. The van der Waals surface area contributed by atoms with Crippen molar-refractivity contribution in [2.24, 2.45) is 5.10 Å². The van der Waals surface area contributed by atoms with Crippen LogP contribution in [-0.2, 0) is 4.79 Å². The number of nitrogens with zero attached hydrogens (tertiary/aromatic N) is 2. The maximum Gasteiger partial charge on any atom is 0.278 e. The molecule has 0 aliphatic rings. The highest BCUT2D eigenvalue weighted by Gasteiger charge is 2.10. The lowest BCUT2D eigenvalue weighted by Crippen LogP contribution is -2.24. The molecular weight excluding hydrogens is 322 g/mol. The second-order valence-electron chi connectivity index (χ2n) is 5.62. The molecule has 2 aromatic rings. The van der Waals surface area contributed by atoms with Crippen LogP contribution in [0.25, 0.3) is 0 Å². The summed E-state index contributed by atoms with van der Waals surface area (Å²) in [4.78, 5) is 22.1. The fourth-order valence-electron chi connectivity index (χ4n) is 2.07. The van der Waals surface area contributed by atoms with Gasteiger partial charge in [-0.1, -0.05) is 38.1 Å². The van der Waals surface area contributed by atoms with E-state index in [0.717, 1.165) is 0 Å². The number of carbonyl (C=O) groups is 1. The van der Waals surface area contributed by atoms with Crippen LogP contribution in [0.1, 0.15) is 30.9 Å². The van der Waals surface area contributed by atoms with Gasteiger partial charge in [-0.15, -0.1) is 0 Å². The van der Waals surface area contributed by atoms with Crippen LogP contribution in [0.5, 0.6) is 5.75 Å². The fourth-order valence-corrected chi connectivity index (χ4v) is 2.07. The van der Waals surface area contributed by atoms with Gasteiger partial charge in [0.25, 0.3) is 11.6 Å². The number of nitrogens with one attached hydrogen (secondary N) is 1. The van der Waals surface area contributed by atoms with Gasteiger partial charge in [0.15, 0.2) is 6.61 Å². The molecule has 0 aliphatic heterocycles. The van der Waals surface area contributed by atoms with E-state index >= 15 is 0 Å². The molecule has 0 fully saturated rings. The van der Waals surface area contributed by atoms with Crippen LogP contribution < -0.4 is 10.2 Å². The SMILES string of the molecule is CC(C)c1ccc(OCC(=O)N/N=C/c2ccccc2[N+](=O)[O-])cc1. The van der Waals surface area contributed by atoms with E-state index in [1.54, 1.807) is 30.3 Å². The van der Waals surface area contributed by atoms with Gasteiger partial charge in [0.05, 0.1) is 16.7 Å². The van der Waals surface area contributed by atoms with E-state index in [9.17, 15) is 14.9 Å². The molecule has 0 bridgehead atoms. The minimum absolute atomic E-state index is 0.0815. The number of benzene rings is 2. The average molecular weight is 341 g/mol. The van der Waals surface area contributed by atoms with Gasteiger partial charge >= 0.3 is 0 Å². The van der Waals surface area contributed by atoms with Crippen molar-refractivity contribution < 1.29 is 14.5 Å². The van der Waals surface area contributed by atoms with Gasteiger partial charge in [0, 0.05) is 6.07 Å². The number of amides is 1. The molecule has 2 rings (SSSR count). The summed E-state index contributed by atoms with van der Waals surface area (Å²) in [5.41, 5.74) is 3.69.